The van der Waals surface area contributed by atoms with Gasteiger partial charge in [-0.25, -0.2) is 9.18 Å². The molecule has 0 unspecified atom stereocenters. The van der Waals surface area contributed by atoms with Crippen LogP contribution in [0.15, 0.2) is 30.6 Å². The van der Waals surface area contributed by atoms with Crippen LogP contribution < -0.4 is 0 Å². The van der Waals surface area contributed by atoms with E-state index in [0.717, 1.165) is 10.2 Å². The van der Waals surface area contributed by atoms with Crippen LogP contribution in [-0.2, 0) is 6.54 Å². The van der Waals surface area contributed by atoms with E-state index in [-0.39, 0.29) is 12.2 Å². The molecule has 0 saturated carbocycles. The number of pyridine rings is 1. The first kappa shape index (κ1) is 11.3. The van der Waals surface area contributed by atoms with Crippen LogP contribution in [0.25, 0.3) is 11.3 Å². The second-order valence-corrected chi connectivity index (χ2v) is 3.37. The Bertz CT molecular complexity index is 525. The highest BCUT2D eigenvalue weighted by molar-refractivity contribution is 5.87. The Balaban J connectivity index is 2.44. The molecule has 5 nitrogen and oxygen atoms in total. The maximum atomic E-state index is 12.3. The molecule has 0 aromatic carbocycles. The molecule has 0 fully saturated rings. The van der Waals surface area contributed by atoms with Gasteiger partial charge < -0.3 is 5.11 Å². The van der Waals surface area contributed by atoms with Gasteiger partial charge in [-0.15, -0.1) is 0 Å². The number of alkyl halides is 1. The summed E-state index contributed by atoms with van der Waals surface area (Å²) in [5.41, 5.74) is 1.23. The highest BCUT2D eigenvalue weighted by Crippen LogP contribution is 2.18. The number of carboxylic acid groups (broad SMARTS) is 1. The number of carboxylic acids is 1. The lowest BCUT2D eigenvalue weighted by Gasteiger charge is -1.99. The van der Waals surface area contributed by atoms with Crippen LogP contribution in [0.1, 0.15) is 10.5 Å². The first-order chi connectivity index (χ1) is 8.22. The number of aromatic nitrogens is 3. The van der Waals surface area contributed by atoms with Crippen molar-refractivity contribution in [2.75, 3.05) is 6.67 Å². The second-order valence-electron chi connectivity index (χ2n) is 3.37. The molecule has 0 spiro atoms. The summed E-state index contributed by atoms with van der Waals surface area (Å²) >= 11 is 0. The molecular formula is C11H10FN3O2. The van der Waals surface area contributed by atoms with E-state index in [9.17, 15) is 9.18 Å². The minimum absolute atomic E-state index is 0.0190. The molecule has 88 valence electrons. The van der Waals surface area contributed by atoms with Crippen molar-refractivity contribution < 1.29 is 14.3 Å². The lowest BCUT2D eigenvalue weighted by Crippen LogP contribution is -2.10. The zero-order valence-electron chi connectivity index (χ0n) is 8.88. The van der Waals surface area contributed by atoms with Crippen LogP contribution in [0.5, 0.6) is 0 Å². The van der Waals surface area contributed by atoms with Gasteiger partial charge in [-0.05, 0) is 18.2 Å². The van der Waals surface area contributed by atoms with Crippen LogP contribution >= 0.6 is 0 Å². The number of halogens is 1. The van der Waals surface area contributed by atoms with Crippen molar-refractivity contribution in [1.82, 2.24) is 14.8 Å². The predicted molar refractivity (Wildman–Crippen MR) is 58.4 cm³/mol. The molecule has 0 aliphatic heterocycles. The Morgan fingerprint density at radius 1 is 1.41 bits per heavy atom. The van der Waals surface area contributed by atoms with Crippen LogP contribution in [0.2, 0.25) is 0 Å². The highest BCUT2D eigenvalue weighted by Gasteiger charge is 2.14. The molecule has 0 saturated heterocycles. The number of aryl methyl sites for hydroxylation is 1. The van der Waals surface area contributed by atoms with Gasteiger partial charge in [0.2, 0.25) is 0 Å². The second kappa shape index (κ2) is 4.73. The SMILES string of the molecule is O=C(O)c1cc(-c2ccncc2)nn1CCF. The van der Waals surface area contributed by atoms with E-state index in [0.29, 0.717) is 5.69 Å². The summed E-state index contributed by atoms with van der Waals surface area (Å²) in [6.07, 6.45) is 3.17. The summed E-state index contributed by atoms with van der Waals surface area (Å²) in [6, 6.07) is 4.86. The van der Waals surface area contributed by atoms with Crippen molar-refractivity contribution in [2.24, 2.45) is 0 Å². The van der Waals surface area contributed by atoms with Crippen molar-refractivity contribution in [1.29, 1.82) is 0 Å². The first-order valence-corrected chi connectivity index (χ1v) is 5.00. The van der Waals surface area contributed by atoms with Gasteiger partial charge in [0, 0.05) is 18.0 Å². The van der Waals surface area contributed by atoms with Gasteiger partial charge in [0.05, 0.1) is 12.2 Å². The number of nitrogens with zero attached hydrogens (tertiary/aromatic N) is 3. The lowest BCUT2D eigenvalue weighted by molar-refractivity contribution is 0.0682. The zero-order valence-corrected chi connectivity index (χ0v) is 8.88. The molecule has 0 atom stereocenters. The van der Waals surface area contributed by atoms with Gasteiger partial charge in [0.15, 0.2) is 0 Å². The van der Waals surface area contributed by atoms with E-state index < -0.39 is 12.6 Å². The van der Waals surface area contributed by atoms with E-state index in [1.165, 1.54) is 6.07 Å². The molecule has 17 heavy (non-hydrogen) atoms. The summed E-state index contributed by atoms with van der Waals surface area (Å²) in [5, 5.41) is 13.0. The topological polar surface area (TPSA) is 68.0 Å². The average Bonchev–Trinajstić information content (AvgIpc) is 2.75. The quantitative estimate of drug-likeness (QED) is 0.874. The Hall–Kier alpha value is -2.24. The molecule has 0 radical (unpaired) electrons. The highest BCUT2D eigenvalue weighted by atomic mass is 19.1. The molecular weight excluding hydrogens is 225 g/mol. The molecule has 0 aliphatic carbocycles. The van der Waals surface area contributed by atoms with Crippen molar-refractivity contribution in [3.05, 3.63) is 36.3 Å². The minimum atomic E-state index is -1.12. The summed E-state index contributed by atoms with van der Waals surface area (Å²) in [5.74, 6) is -1.12. The Kier molecular flexibility index (Phi) is 3.13. The smallest absolute Gasteiger partial charge is 0.354 e. The number of carbonyl (C=O) groups is 1. The van der Waals surface area contributed by atoms with Gasteiger partial charge >= 0.3 is 5.97 Å². The fourth-order valence-electron chi connectivity index (χ4n) is 1.50. The Morgan fingerprint density at radius 3 is 2.71 bits per heavy atom. The lowest BCUT2D eigenvalue weighted by atomic mass is 10.2. The molecule has 0 aliphatic rings. The minimum Gasteiger partial charge on any atom is -0.477 e. The third-order valence-electron chi connectivity index (χ3n) is 2.27. The van der Waals surface area contributed by atoms with Crippen molar-refractivity contribution in [2.45, 2.75) is 6.54 Å². The Morgan fingerprint density at radius 2 is 2.12 bits per heavy atom. The average molecular weight is 235 g/mol. The van der Waals surface area contributed by atoms with Crippen LogP contribution in [0, 0.1) is 0 Å². The van der Waals surface area contributed by atoms with E-state index in [4.69, 9.17) is 5.11 Å². The van der Waals surface area contributed by atoms with E-state index in [1.54, 1.807) is 24.5 Å². The van der Waals surface area contributed by atoms with Crippen LogP contribution in [-0.4, -0.2) is 32.5 Å². The molecule has 0 amide bonds. The fourth-order valence-corrected chi connectivity index (χ4v) is 1.50. The summed E-state index contributed by atoms with van der Waals surface area (Å²) < 4.78 is 13.4. The van der Waals surface area contributed by atoms with Crippen LogP contribution in [0.3, 0.4) is 0 Å². The maximum absolute atomic E-state index is 12.3. The van der Waals surface area contributed by atoms with Gasteiger partial charge in [0.25, 0.3) is 0 Å². The normalized spacial score (nSPS) is 10.4. The number of rotatable bonds is 4. The number of hydrogen-bond donors (Lipinski definition) is 1. The molecule has 0 bridgehead atoms. The monoisotopic (exact) mass is 235 g/mol. The molecule has 2 aromatic heterocycles. The first-order valence-electron chi connectivity index (χ1n) is 5.00. The van der Waals surface area contributed by atoms with Crippen LogP contribution in [0.4, 0.5) is 4.39 Å². The van der Waals surface area contributed by atoms with Crippen molar-refractivity contribution in [3.63, 3.8) is 0 Å². The van der Waals surface area contributed by atoms with E-state index in [1.807, 2.05) is 0 Å². The van der Waals surface area contributed by atoms with E-state index >= 15 is 0 Å². The summed E-state index contributed by atoms with van der Waals surface area (Å²) in [7, 11) is 0. The summed E-state index contributed by atoms with van der Waals surface area (Å²) in [6.45, 7) is -0.718. The van der Waals surface area contributed by atoms with E-state index in [2.05, 4.69) is 10.1 Å². The third-order valence-corrected chi connectivity index (χ3v) is 2.27. The number of aromatic carboxylic acids is 1. The molecule has 2 aromatic rings. The summed E-state index contributed by atoms with van der Waals surface area (Å²) in [4.78, 5) is 14.8. The van der Waals surface area contributed by atoms with Gasteiger partial charge in [-0.3, -0.25) is 9.67 Å². The molecule has 1 N–H and O–H groups in total. The fraction of sp³-hybridized carbons (Fsp3) is 0.182. The standard InChI is InChI=1S/C11H10FN3O2/c12-3-6-15-10(11(16)17)7-9(14-15)8-1-4-13-5-2-8/h1-2,4-5,7H,3,6H2,(H,16,17). The third kappa shape index (κ3) is 2.30. The Labute approximate surface area is 96.5 Å². The molecule has 2 heterocycles. The van der Waals surface area contributed by atoms with Gasteiger partial charge in [0.1, 0.15) is 12.4 Å². The van der Waals surface area contributed by atoms with Gasteiger partial charge in [-0.2, -0.15) is 5.10 Å². The molecule has 2 rings (SSSR count). The zero-order chi connectivity index (χ0) is 12.3. The number of hydrogen-bond acceptors (Lipinski definition) is 3. The molecule has 6 heteroatoms. The predicted octanol–water partition coefficient (Wildman–Crippen LogP) is 1.61. The van der Waals surface area contributed by atoms with Crippen molar-refractivity contribution in [3.8, 4) is 11.3 Å². The van der Waals surface area contributed by atoms with Gasteiger partial charge in [-0.1, -0.05) is 0 Å². The maximum Gasteiger partial charge on any atom is 0.354 e. The largest absolute Gasteiger partial charge is 0.477 e. The van der Waals surface area contributed by atoms with Crippen molar-refractivity contribution >= 4 is 5.97 Å².